The van der Waals surface area contributed by atoms with Crippen LogP contribution in [0.15, 0.2) is 41.3 Å². The molecule has 0 spiro atoms. The van der Waals surface area contributed by atoms with Crippen LogP contribution in [0.25, 0.3) is 10.9 Å². The number of benzene rings is 2. The monoisotopic (exact) mass is 394 g/mol. The summed E-state index contributed by atoms with van der Waals surface area (Å²) in [7, 11) is 0. The van der Waals surface area contributed by atoms with E-state index in [2.05, 4.69) is 4.98 Å². The van der Waals surface area contributed by atoms with Crippen molar-refractivity contribution in [1.82, 2.24) is 4.98 Å². The van der Waals surface area contributed by atoms with Gasteiger partial charge < -0.3 is 9.66 Å². The van der Waals surface area contributed by atoms with Crippen molar-refractivity contribution >= 4 is 45.2 Å². The highest BCUT2D eigenvalue weighted by atomic mass is 35.5. The van der Waals surface area contributed by atoms with Crippen molar-refractivity contribution in [2.75, 3.05) is 0 Å². The number of aryl methyl sites for hydroxylation is 2. The maximum atomic E-state index is 11.3. The summed E-state index contributed by atoms with van der Waals surface area (Å²) in [5, 5.41) is 11.9. The van der Waals surface area contributed by atoms with Crippen molar-refractivity contribution in [1.29, 1.82) is 0 Å². The van der Waals surface area contributed by atoms with Crippen LogP contribution in [0.2, 0.25) is 10.0 Å². The lowest BCUT2D eigenvalue weighted by Crippen LogP contribution is -2.06. The first-order chi connectivity index (χ1) is 11.8. The lowest BCUT2D eigenvalue weighted by molar-refractivity contribution is 0.221. The van der Waals surface area contributed by atoms with Gasteiger partial charge in [-0.25, -0.2) is 0 Å². The Kier molecular flexibility index (Phi) is 5.14. The number of para-hydroxylation sites is 1. The topological polar surface area (TPSA) is 73.2 Å². The van der Waals surface area contributed by atoms with Gasteiger partial charge in [0.1, 0.15) is 6.10 Å². The van der Waals surface area contributed by atoms with E-state index in [-0.39, 0.29) is 20.5 Å². The Hall–Kier alpha value is -1.50. The number of aromatic nitrogens is 1. The number of halogens is 2. The van der Waals surface area contributed by atoms with Crippen LogP contribution in [-0.2, 0) is 11.1 Å². The third-order valence-electron chi connectivity index (χ3n) is 4.04. The maximum absolute atomic E-state index is 11.3. The number of rotatable bonds is 3. The number of hydrogen-bond acceptors (Lipinski definition) is 4. The molecule has 0 radical (unpaired) electrons. The minimum absolute atomic E-state index is 0.0882. The van der Waals surface area contributed by atoms with Gasteiger partial charge in [-0.05, 0) is 48.7 Å². The van der Waals surface area contributed by atoms with Crippen LogP contribution in [0.5, 0.6) is 0 Å². The van der Waals surface area contributed by atoms with Crippen LogP contribution >= 0.6 is 23.2 Å². The Morgan fingerprint density at radius 1 is 1.20 bits per heavy atom. The quantitative estimate of drug-likeness (QED) is 0.664. The van der Waals surface area contributed by atoms with Gasteiger partial charge in [-0.2, -0.15) is 0 Å². The van der Waals surface area contributed by atoms with Crippen LogP contribution in [0.1, 0.15) is 28.5 Å². The highest BCUT2D eigenvalue weighted by Gasteiger charge is 2.23. The first-order valence-corrected chi connectivity index (χ1v) is 9.26. The third kappa shape index (κ3) is 3.30. The largest absolute Gasteiger partial charge is 0.768 e. The van der Waals surface area contributed by atoms with Gasteiger partial charge in [0.15, 0.2) is 0 Å². The minimum Gasteiger partial charge on any atom is -0.768 e. The molecule has 3 rings (SSSR count). The van der Waals surface area contributed by atoms with Crippen molar-refractivity contribution in [2.24, 2.45) is 0 Å². The second kappa shape index (κ2) is 7.02. The Morgan fingerprint density at radius 2 is 1.92 bits per heavy atom. The molecule has 0 aliphatic carbocycles. The second-order valence-corrected chi connectivity index (χ2v) is 7.43. The molecular formula is C18H14Cl2NO3S-. The van der Waals surface area contributed by atoms with Crippen molar-refractivity contribution < 1.29 is 13.9 Å². The molecule has 0 saturated carbocycles. The van der Waals surface area contributed by atoms with E-state index in [4.69, 9.17) is 23.2 Å². The van der Waals surface area contributed by atoms with Gasteiger partial charge in [0.2, 0.25) is 0 Å². The zero-order valence-corrected chi connectivity index (χ0v) is 15.7. The summed E-state index contributed by atoms with van der Waals surface area (Å²) in [5.41, 5.74) is 3.15. The third-order valence-corrected chi connectivity index (χ3v) is 5.59. The predicted molar refractivity (Wildman–Crippen MR) is 98.9 cm³/mol. The fraction of sp³-hybridized carbons (Fsp3) is 0.167. The van der Waals surface area contributed by atoms with E-state index in [1.807, 2.05) is 32.0 Å². The van der Waals surface area contributed by atoms with E-state index in [1.54, 1.807) is 6.07 Å². The van der Waals surface area contributed by atoms with Gasteiger partial charge in [0, 0.05) is 32.1 Å². The molecule has 0 aliphatic rings. The Labute approximate surface area is 157 Å². The molecule has 4 nitrogen and oxygen atoms in total. The first-order valence-electron chi connectivity index (χ1n) is 7.43. The highest BCUT2D eigenvalue weighted by Crippen LogP contribution is 2.39. The van der Waals surface area contributed by atoms with E-state index in [9.17, 15) is 13.9 Å². The molecule has 1 N–H and O–H groups in total. The maximum Gasteiger partial charge on any atom is 0.109 e. The number of pyridine rings is 1. The molecule has 2 aromatic carbocycles. The number of aliphatic hydroxyl groups excluding tert-OH is 1. The highest BCUT2D eigenvalue weighted by molar-refractivity contribution is 7.79. The molecule has 0 aliphatic heterocycles. The van der Waals surface area contributed by atoms with Crippen LogP contribution in [0.3, 0.4) is 0 Å². The summed E-state index contributed by atoms with van der Waals surface area (Å²) in [4.78, 5) is 4.42. The molecule has 0 saturated heterocycles. The Bertz CT molecular complexity index is 1010. The standard InChI is InChI=1S/C18H15Cl2NO3S/c1-9-8-10(2)21-17-11(9)4-3-5-12(17)18(22)15-13(19)6-7-14(16(15)20)25(23)24/h3-8,18,22H,1-2H3,(H,23,24)/p-1. The van der Waals surface area contributed by atoms with Gasteiger partial charge in [0.05, 0.1) is 10.5 Å². The van der Waals surface area contributed by atoms with E-state index >= 15 is 0 Å². The SMILES string of the molecule is Cc1cc(C)c2cccc(C(O)c3c(Cl)ccc(S(=O)[O-])c3Cl)c2n1. The molecule has 0 bridgehead atoms. The van der Waals surface area contributed by atoms with Crippen LogP contribution < -0.4 is 0 Å². The molecule has 3 aromatic rings. The number of nitrogens with zero attached hydrogens (tertiary/aromatic N) is 1. The molecule has 130 valence electrons. The van der Waals surface area contributed by atoms with Gasteiger partial charge in [-0.1, -0.05) is 41.4 Å². The van der Waals surface area contributed by atoms with Crippen molar-refractivity contribution in [2.45, 2.75) is 24.8 Å². The van der Waals surface area contributed by atoms with Crippen molar-refractivity contribution in [3.05, 3.63) is 68.8 Å². The van der Waals surface area contributed by atoms with Gasteiger partial charge >= 0.3 is 0 Å². The average Bonchev–Trinajstić information content (AvgIpc) is 2.53. The van der Waals surface area contributed by atoms with Crippen LogP contribution in [0, 0.1) is 13.8 Å². The summed E-state index contributed by atoms with van der Waals surface area (Å²) in [6.45, 7) is 3.84. The molecule has 7 heteroatoms. The lowest BCUT2D eigenvalue weighted by atomic mass is 9.97. The van der Waals surface area contributed by atoms with Gasteiger partial charge in [-0.15, -0.1) is 0 Å². The van der Waals surface area contributed by atoms with E-state index in [1.165, 1.54) is 12.1 Å². The Morgan fingerprint density at radius 3 is 2.60 bits per heavy atom. The fourth-order valence-electron chi connectivity index (χ4n) is 2.91. The van der Waals surface area contributed by atoms with Gasteiger partial charge in [-0.3, -0.25) is 9.19 Å². The molecule has 0 fully saturated rings. The van der Waals surface area contributed by atoms with Crippen LogP contribution in [0.4, 0.5) is 0 Å². The van der Waals surface area contributed by atoms with E-state index in [0.29, 0.717) is 11.1 Å². The summed E-state index contributed by atoms with van der Waals surface area (Å²) >= 11 is 9.87. The smallest absolute Gasteiger partial charge is 0.109 e. The predicted octanol–water partition coefficient (Wildman–Crippen LogP) is 4.48. The Balaban J connectivity index is 2.27. The number of hydrogen-bond donors (Lipinski definition) is 1. The molecule has 25 heavy (non-hydrogen) atoms. The average molecular weight is 395 g/mol. The molecular weight excluding hydrogens is 381 g/mol. The summed E-state index contributed by atoms with van der Waals surface area (Å²) in [5.74, 6) is 0. The van der Waals surface area contributed by atoms with Crippen molar-refractivity contribution in [3.63, 3.8) is 0 Å². The summed E-state index contributed by atoms with van der Waals surface area (Å²) < 4.78 is 22.6. The zero-order valence-electron chi connectivity index (χ0n) is 13.4. The normalized spacial score (nSPS) is 13.8. The van der Waals surface area contributed by atoms with E-state index in [0.717, 1.165) is 16.6 Å². The minimum atomic E-state index is -2.53. The van der Waals surface area contributed by atoms with Crippen molar-refractivity contribution in [3.8, 4) is 0 Å². The molecule has 1 heterocycles. The summed E-state index contributed by atoms with van der Waals surface area (Å²) in [6.07, 6.45) is -1.21. The number of aliphatic hydroxyl groups is 1. The molecule has 1 aromatic heterocycles. The van der Waals surface area contributed by atoms with E-state index < -0.39 is 17.2 Å². The number of fused-ring (bicyclic) bond motifs is 1. The van der Waals surface area contributed by atoms with Crippen LogP contribution in [-0.4, -0.2) is 18.9 Å². The fourth-order valence-corrected chi connectivity index (χ4v) is 4.11. The lowest BCUT2D eigenvalue weighted by Gasteiger charge is -2.19. The van der Waals surface area contributed by atoms with Gasteiger partial charge in [0.25, 0.3) is 0 Å². The summed E-state index contributed by atoms with van der Waals surface area (Å²) in [6, 6.07) is 10.1. The molecule has 0 amide bonds. The zero-order chi connectivity index (χ0) is 18.3. The first kappa shape index (κ1) is 18.3. The molecule has 2 atom stereocenters. The molecule has 2 unspecified atom stereocenters. The second-order valence-electron chi connectivity index (χ2n) is 5.73.